The first-order valence-electron chi connectivity index (χ1n) is 14.1. The van der Waals surface area contributed by atoms with Gasteiger partial charge in [0, 0.05) is 39.4 Å². The molecule has 0 radical (unpaired) electrons. The second kappa shape index (κ2) is 12.9. The fraction of sp³-hybridized carbons (Fsp3) is 0.690. The van der Waals surface area contributed by atoms with Crippen molar-refractivity contribution < 1.29 is 41.8 Å². The van der Waals surface area contributed by atoms with Gasteiger partial charge in [-0.15, -0.1) is 0 Å². The molecule has 0 bridgehead atoms. The number of carbonyl (C=O) groups is 3. The number of likely N-dealkylation sites (tertiary alicyclic amines) is 1. The average Bonchev–Trinajstić information content (AvgIpc) is 2.86. The maximum atomic E-state index is 14.4. The molecule has 41 heavy (non-hydrogen) atoms. The molecule has 0 spiro atoms. The molecule has 1 saturated heterocycles. The molecule has 2 heterocycles. The van der Waals surface area contributed by atoms with Crippen molar-refractivity contribution in [3.05, 3.63) is 23.3 Å². The molecule has 2 aliphatic rings. The zero-order valence-electron chi connectivity index (χ0n) is 25.0. The van der Waals surface area contributed by atoms with Crippen LogP contribution >= 0.6 is 0 Å². The highest BCUT2D eigenvalue weighted by Gasteiger charge is 2.42. The summed E-state index contributed by atoms with van der Waals surface area (Å²) >= 11 is 0. The Morgan fingerprint density at radius 2 is 1.85 bits per heavy atom. The summed E-state index contributed by atoms with van der Waals surface area (Å²) in [6.45, 7) is 11.5. The van der Waals surface area contributed by atoms with Gasteiger partial charge in [0.25, 0.3) is 11.8 Å². The molecule has 1 fully saturated rings. The number of piperidine rings is 1. The number of anilines is 1. The number of methoxy groups -OCH3 is 1. The van der Waals surface area contributed by atoms with E-state index in [2.05, 4.69) is 0 Å². The fourth-order valence-electron chi connectivity index (χ4n) is 5.25. The molecule has 0 aliphatic carbocycles. The van der Waals surface area contributed by atoms with Crippen LogP contribution < -0.4 is 9.64 Å². The Hall–Kier alpha value is -3.02. The van der Waals surface area contributed by atoms with Gasteiger partial charge in [-0.1, -0.05) is 0 Å². The average molecular weight is 586 g/mol. The molecule has 2 atom stereocenters. The molecule has 230 valence electrons. The Morgan fingerprint density at radius 1 is 1.17 bits per heavy atom. The molecule has 9 nitrogen and oxygen atoms in total. The Bertz CT molecular complexity index is 1120. The van der Waals surface area contributed by atoms with Gasteiger partial charge >= 0.3 is 12.3 Å². The maximum Gasteiger partial charge on any atom is 0.417 e. The quantitative estimate of drug-likeness (QED) is 0.375. The topological polar surface area (TPSA) is 88.6 Å². The van der Waals surface area contributed by atoms with Gasteiger partial charge in [-0.3, -0.25) is 9.59 Å². The first kappa shape index (κ1) is 32.5. The van der Waals surface area contributed by atoms with E-state index in [4.69, 9.17) is 14.2 Å². The Balaban J connectivity index is 2.01. The van der Waals surface area contributed by atoms with Crippen LogP contribution in [0.15, 0.2) is 12.1 Å². The molecule has 3 amide bonds. The lowest BCUT2D eigenvalue weighted by Crippen LogP contribution is -2.54. The molecule has 0 aromatic heterocycles. The lowest BCUT2D eigenvalue weighted by atomic mass is 9.97. The zero-order valence-corrected chi connectivity index (χ0v) is 25.0. The van der Waals surface area contributed by atoms with Crippen molar-refractivity contribution in [2.24, 2.45) is 0 Å². The number of hydrogen-bond donors (Lipinski definition) is 0. The molecule has 0 saturated carbocycles. The molecule has 0 unspecified atom stereocenters. The first-order valence-corrected chi connectivity index (χ1v) is 14.1. The van der Waals surface area contributed by atoms with E-state index in [1.54, 1.807) is 41.7 Å². The van der Waals surface area contributed by atoms with Crippen LogP contribution in [0.5, 0.6) is 5.75 Å². The summed E-state index contributed by atoms with van der Waals surface area (Å²) in [5.74, 6) is -1.32. The summed E-state index contributed by atoms with van der Waals surface area (Å²) in [6.07, 6.45) is -4.08. The molecule has 3 rings (SSSR count). The van der Waals surface area contributed by atoms with Gasteiger partial charge < -0.3 is 28.9 Å². The second-order valence-corrected chi connectivity index (χ2v) is 11.8. The van der Waals surface area contributed by atoms with E-state index in [-0.39, 0.29) is 24.5 Å². The molecular formula is C29H42F3N3O6. The Kier molecular flexibility index (Phi) is 10.2. The Labute approximate surface area is 239 Å². The first-order chi connectivity index (χ1) is 19.0. The van der Waals surface area contributed by atoms with Crippen LogP contribution in [0.3, 0.4) is 0 Å². The van der Waals surface area contributed by atoms with E-state index in [0.717, 1.165) is 12.1 Å². The highest BCUT2D eigenvalue weighted by molar-refractivity contribution is 6.03. The van der Waals surface area contributed by atoms with Crippen molar-refractivity contribution in [2.75, 3.05) is 38.3 Å². The van der Waals surface area contributed by atoms with E-state index >= 15 is 0 Å². The fourth-order valence-corrected chi connectivity index (χ4v) is 5.25. The predicted octanol–water partition coefficient (Wildman–Crippen LogP) is 5.50. The van der Waals surface area contributed by atoms with Gasteiger partial charge in [-0.2, -0.15) is 13.2 Å². The molecular weight excluding hydrogens is 543 g/mol. The van der Waals surface area contributed by atoms with Crippen molar-refractivity contribution in [2.45, 2.75) is 97.2 Å². The van der Waals surface area contributed by atoms with Crippen molar-refractivity contribution in [1.82, 2.24) is 9.80 Å². The minimum atomic E-state index is -4.85. The third-order valence-corrected chi connectivity index (χ3v) is 7.06. The third kappa shape index (κ3) is 7.84. The van der Waals surface area contributed by atoms with Gasteiger partial charge in [0.2, 0.25) is 0 Å². The van der Waals surface area contributed by atoms with Crippen molar-refractivity contribution >= 4 is 23.6 Å². The molecule has 2 aliphatic heterocycles. The number of amides is 3. The number of nitrogens with zero attached hydrogens (tertiary/aromatic N) is 3. The summed E-state index contributed by atoms with van der Waals surface area (Å²) < 4.78 is 59.3. The minimum absolute atomic E-state index is 0.0995. The number of halogens is 3. The number of rotatable bonds is 8. The molecule has 0 N–H and O–H groups in total. The normalized spacial score (nSPS) is 19.6. The van der Waals surface area contributed by atoms with Gasteiger partial charge in [0.05, 0.1) is 22.9 Å². The maximum absolute atomic E-state index is 14.4. The van der Waals surface area contributed by atoms with E-state index in [1.807, 2.05) is 0 Å². The van der Waals surface area contributed by atoms with Gasteiger partial charge in [0.1, 0.15) is 11.4 Å². The van der Waals surface area contributed by atoms with Gasteiger partial charge in [-0.05, 0) is 79.4 Å². The van der Waals surface area contributed by atoms with E-state index in [0.29, 0.717) is 38.8 Å². The number of hydrogen-bond acceptors (Lipinski definition) is 6. The summed E-state index contributed by atoms with van der Waals surface area (Å²) in [5, 5.41) is 0. The van der Waals surface area contributed by atoms with Crippen molar-refractivity contribution in [1.29, 1.82) is 0 Å². The molecule has 1 aromatic carbocycles. The number of alkyl halides is 3. The standard InChI is InChI=1S/C29H42F3N3O6/c1-18(2)35(20-11-10-12-33(17-20)27(38)41-28(4,5)6)26(37)21-15-23-24(16-22(21)29(30,31)32)40-19(3)25(36)34(23)13-8-9-14-39-7/h15-16,18-20H,8-14,17H2,1-7H3/t19-,20-/m1/s1. The predicted molar refractivity (Wildman–Crippen MR) is 147 cm³/mol. The number of ether oxygens (including phenoxy) is 3. The lowest BCUT2D eigenvalue weighted by molar-refractivity contribution is -0.138. The summed E-state index contributed by atoms with van der Waals surface area (Å²) in [7, 11) is 1.56. The number of fused-ring (bicyclic) bond motifs is 1. The largest absolute Gasteiger partial charge is 0.479 e. The second-order valence-electron chi connectivity index (χ2n) is 11.8. The van der Waals surface area contributed by atoms with Crippen LogP contribution in [0.4, 0.5) is 23.7 Å². The monoisotopic (exact) mass is 585 g/mol. The van der Waals surface area contributed by atoms with Crippen molar-refractivity contribution in [3.8, 4) is 5.75 Å². The van der Waals surface area contributed by atoms with Crippen LogP contribution in [-0.2, 0) is 20.4 Å². The Morgan fingerprint density at radius 3 is 2.44 bits per heavy atom. The van der Waals surface area contributed by atoms with Crippen molar-refractivity contribution in [3.63, 3.8) is 0 Å². The summed E-state index contributed by atoms with van der Waals surface area (Å²) in [4.78, 5) is 44.1. The third-order valence-electron chi connectivity index (χ3n) is 7.06. The van der Waals surface area contributed by atoms with E-state index < -0.39 is 59.0 Å². The smallest absolute Gasteiger partial charge is 0.417 e. The van der Waals surface area contributed by atoms with Crippen LogP contribution in [0.1, 0.15) is 83.1 Å². The highest BCUT2D eigenvalue weighted by atomic mass is 19.4. The highest BCUT2D eigenvalue weighted by Crippen LogP contribution is 2.43. The summed E-state index contributed by atoms with van der Waals surface area (Å²) in [6, 6.07) is 0.958. The van der Waals surface area contributed by atoms with Crippen LogP contribution in [0, 0.1) is 0 Å². The number of benzene rings is 1. The van der Waals surface area contributed by atoms with Gasteiger partial charge in [0.15, 0.2) is 6.10 Å². The number of unbranched alkanes of at least 4 members (excludes halogenated alkanes) is 1. The van der Waals surface area contributed by atoms with Gasteiger partial charge in [-0.25, -0.2) is 4.79 Å². The van der Waals surface area contributed by atoms with Crippen LogP contribution in [0.25, 0.3) is 0 Å². The number of carbonyl (C=O) groups excluding carboxylic acids is 3. The SMILES string of the molecule is COCCCCN1C(=O)[C@@H](C)Oc2cc(C(F)(F)F)c(C(=O)N(C(C)C)[C@@H]3CCCN(C(=O)OC(C)(C)C)C3)cc21. The van der Waals surface area contributed by atoms with Crippen LogP contribution in [0.2, 0.25) is 0 Å². The van der Waals surface area contributed by atoms with E-state index in [9.17, 15) is 27.6 Å². The van der Waals surface area contributed by atoms with Crippen LogP contribution in [-0.4, -0.2) is 84.8 Å². The summed E-state index contributed by atoms with van der Waals surface area (Å²) in [5.41, 5.74) is -2.28. The minimum Gasteiger partial charge on any atom is -0.479 e. The molecule has 1 aromatic rings. The molecule has 12 heteroatoms. The van der Waals surface area contributed by atoms with E-state index in [1.165, 1.54) is 21.6 Å². The zero-order chi connectivity index (χ0) is 30.7. The lowest BCUT2D eigenvalue weighted by Gasteiger charge is -2.42.